The molecule has 0 spiro atoms. The standard InChI is InChI=1S/C23H30N4O3/c1-16-5-4-6-19-17(2)13-20(24-22(16)19)25-7-9-26(10-8-25)23(29)18-14-21(28)27(15-18)11-12-30-3/h4-6,13,18H,7-12,14-15H2,1-3H3. The number of fused-ring (bicyclic) bond motifs is 1. The third-order valence-corrected chi connectivity index (χ3v) is 6.28. The van der Waals surface area contributed by atoms with Gasteiger partial charge in [0.1, 0.15) is 5.82 Å². The van der Waals surface area contributed by atoms with Gasteiger partial charge in [0, 0.05) is 58.2 Å². The number of para-hydroxylation sites is 1. The summed E-state index contributed by atoms with van der Waals surface area (Å²) in [4.78, 5) is 36.0. The molecule has 7 heteroatoms. The van der Waals surface area contributed by atoms with E-state index in [4.69, 9.17) is 9.72 Å². The number of benzene rings is 1. The second-order valence-electron chi connectivity index (χ2n) is 8.31. The van der Waals surface area contributed by atoms with E-state index in [9.17, 15) is 9.59 Å². The van der Waals surface area contributed by atoms with E-state index >= 15 is 0 Å². The second kappa shape index (κ2) is 8.60. The Morgan fingerprint density at radius 3 is 2.67 bits per heavy atom. The van der Waals surface area contributed by atoms with Crippen molar-refractivity contribution in [1.29, 1.82) is 0 Å². The van der Waals surface area contributed by atoms with E-state index < -0.39 is 0 Å². The van der Waals surface area contributed by atoms with Gasteiger partial charge < -0.3 is 19.4 Å². The van der Waals surface area contributed by atoms with Crippen LogP contribution in [0.5, 0.6) is 0 Å². The van der Waals surface area contributed by atoms with Crippen molar-refractivity contribution in [3.63, 3.8) is 0 Å². The fraction of sp³-hybridized carbons (Fsp3) is 0.522. The molecule has 0 aliphatic carbocycles. The lowest BCUT2D eigenvalue weighted by molar-refractivity contribution is -0.136. The first-order valence-corrected chi connectivity index (χ1v) is 10.7. The molecule has 30 heavy (non-hydrogen) atoms. The van der Waals surface area contributed by atoms with Gasteiger partial charge in [-0.25, -0.2) is 4.98 Å². The summed E-state index contributed by atoms with van der Waals surface area (Å²) in [6, 6.07) is 8.42. The Morgan fingerprint density at radius 1 is 1.17 bits per heavy atom. The molecule has 2 saturated heterocycles. The van der Waals surface area contributed by atoms with Crippen molar-refractivity contribution in [2.24, 2.45) is 5.92 Å². The Hall–Kier alpha value is -2.67. The van der Waals surface area contributed by atoms with Gasteiger partial charge in [-0.15, -0.1) is 0 Å². The van der Waals surface area contributed by atoms with E-state index in [1.165, 1.54) is 16.5 Å². The van der Waals surface area contributed by atoms with E-state index in [0.717, 1.165) is 24.4 Å². The summed E-state index contributed by atoms with van der Waals surface area (Å²) in [5.41, 5.74) is 3.44. The van der Waals surface area contributed by atoms with Gasteiger partial charge in [-0.1, -0.05) is 18.2 Å². The van der Waals surface area contributed by atoms with Crippen LogP contribution in [0.1, 0.15) is 17.5 Å². The van der Waals surface area contributed by atoms with Crippen molar-refractivity contribution < 1.29 is 14.3 Å². The maximum absolute atomic E-state index is 13.0. The molecule has 1 aromatic heterocycles. The number of aromatic nitrogens is 1. The van der Waals surface area contributed by atoms with Crippen LogP contribution in [-0.2, 0) is 14.3 Å². The Balaban J connectivity index is 1.40. The van der Waals surface area contributed by atoms with Crippen LogP contribution in [0, 0.1) is 19.8 Å². The first kappa shape index (κ1) is 20.6. The predicted octanol–water partition coefficient (Wildman–Crippen LogP) is 2.00. The van der Waals surface area contributed by atoms with Crippen LogP contribution in [0.4, 0.5) is 5.82 Å². The van der Waals surface area contributed by atoms with E-state index in [2.05, 4.69) is 43.0 Å². The topological polar surface area (TPSA) is 66.0 Å². The van der Waals surface area contributed by atoms with Crippen molar-refractivity contribution >= 4 is 28.5 Å². The fourth-order valence-electron chi connectivity index (χ4n) is 4.48. The normalized spacial score (nSPS) is 19.8. The molecule has 2 fully saturated rings. The molecular formula is C23H30N4O3. The molecule has 2 aliphatic rings. The number of aryl methyl sites for hydroxylation is 2. The van der Waals surface area contributed by atoms with Crippen LogP contribution in [0.2, 0.25) is 0 Å². The average Bonchev–Trinajstić information content (AvgIpc) is 3.13. The lowest BCUT2D eigenvalue weighted by Gasteiger charge is -2.36. The van der Waals surface area contributed by atoms with Crippen molar-refractivity contribution in [3.8, 4) is 0 Å². The van der Waals surface area contributed by atoms with Gasteiger partial charge >= 0.3 is 0 Å². The maximum atomic E-state index is 13.0. The molecule has 2 aliphatic heterocycles. The zero-order valence-electron chi connectivity index (χ0n) is 18.1. The van der Waals surface area contributed by atoms with Gasteiger partial charge in [-0.3, -0.25) is 9.59 Å². The number of nitrogens with zero attached hydrogens (tertiary/aromatic N) is 4. The number of anilines is 1. The number of pyridine rings is 1. The molecular weight excluding hydrogens is 380 g/mol. The van der Waals surface area contributed by atoms with Crippen molar-refractivity contribution in [1.82, 2.24) is 14.8 Å². The number of piperazine rings is 1. The van der Waals surface area contributed by atoms with E-state index in [0.29, 0.717) is 39.2 Å². The van der Waals surface area contributed by atoms with Crippen LogP contribution in [0.25, 0.3) is 10.9 Å². The molecule has 0 N–H and O–H groups in total. The van der Waals surface area contributed by atoms with Gasteiger partial charge in [0.25, 0.3) is 0 Å². The molecule has 4 rings (SSSR count). The number of amides is 2. The number of rotatable bonds is 5. The molecule has 7 nitrogen and oxygen atoms in total. The summed E-state index contributed by atoms with van der Waals surface area (Å²) in [5, 5.41) is 1.19. The maximum Gasteiger partial charge on any atom is 0.228 e. The Labute approximate surface area is 177 Å². The minimum Gasteiger partial charge on any atom is -0.383 e. The van der Waals surface area contributed by atoms with Crippen LogP contribution < -0.4 is 4.90 Å². The Morgan fingerprint density at radius 2 is 1.93 bits per heavy atom. The number of likely N-dealkylation sites (tertiary alicyclic amines) is 1. The number of carbonyl (C=O) groups excluding carboxylic acids is 2. The summed E-state index contributed by atoms with van der Waals surface area (Å²) < 4.78 is 5.06. The monoisotopic (exact) mass is 410 g/mol. The highest BCUT2D eigenvalue weighted by molar-refractivity contribution is 5.89. The minimum absolute atomic E-state index is 0.0512. The molecule has 0 bridgehead atoms. The lowest BCUT2D eigenvalue weighted by Crippen LogP contribution is -2.51. The van der Waals surface area contributed by atoms with Gasteiger partial charge in [0.15, 0.2) is 0 Å². The zero-order valence-corrected chi connectivity index (χ0v) is 18.1. The van der Waals surface area contributed by atoms with Gasteiger partial charge in [-0.05, 0) is 31.0 Å². The first-order chi connectivity index (χ1) is 14.5. The third-order valence-electron chi connectivity index (χ3n) is 6.28. The molecule has 1 aromatic carbocycles. The molecule has 2 aromatic rings. The second-order valence-corrected chi connectivity index (χ2v) is 8.31. The molecule has 0 radical (unpaired) electrons. The summed E-state index contributed by atoms with van der Waals surface area (Å²) in [6.07, 6.45) is 0.313. The molecule has 0 saturated carbocycles. The van der Waals surface area contributed by atoms with Crippen LogP contribution >= 0.6 is 0 Å². The number of hydrogen-bond donors (Lipinski definition) is 0. The Kier molecular flexibility index (Phi) is 5.90. The molecule has 1 atom stereocenters. The molecule has 2 amide bonds. The largest absolute Gasteiger partial charge is 0.383 e. The highest BCUT2D eigenvalue weighted by Crippen LogP contribution is 2.26. The lowest BCUT2D eigenvalue weighted by atomic mass is 10.1. The van der Waals surface area contributed by atoms with E-state index in [1.54, 1.807) is 12.0 Å². The highest BCUT2D eigenvalue weighted by Gasteiger charge is 2.37. The average molecular weight is 411 g/mol. The van der Waals surface area contributed by atoms with Crippen LogP contribution in [0.15, 0.2) is 24.3 Å². The third kappa shape index (κ3) is 3.99. The smallest absolute Gasteiger partial charge is 0.228 e. The van der Waals surface area contributed by atoms with Gasteiger partial charge in [-0.2, -0.15) is 0 Å². The summed E-state index contributed by atoms with van der Waals surface area (Å²) >= 11 is 0. The van der Waals surface area contributed by atoms with Gasteiger partial charge in [0.2, 0.25) is 11.8 Å². The van der Waals surface area contributed by atoms with Crippen LogP contribution in [0.3, 0.4) is 0 Å². The molecule has 160 valence electrons. The SMILES string of the molecule is COCCN1CC(C(=O)N2CCN(c3cc(C)c4cccc(C)c4n3)CC2)CC1=O. The predicted molar refractivity (Wildman–Crippen MR) is 117 cm³/mol. The van der Waals surface area contributed by atoms with Crippen molar-refractivity contribution in [3.05, 3.63) is 35.4 Å². The quantitative estimate of drug-likeness (QED) is 0.754. The minimum atomic E-state index is -0.232. The highest BCUT2D eigenvalue weighted by atomic mass is 16.5. The Bertz CT molecular complexity index is 953. The number of methoxy groups -OCH3 is 1. The van der Waals surface area contributed by atoms with E-state index in [1.807, 2.05) is 4.90 Å². The number of carbonyl (C=O) groups is 2. The summed E-state index contributed by atoms with van der Waals surface area (Å²) in [5.74, 6) is 0.893. The zero-order chi connectivity index (χ0) is 21.3. The first-order valence-electron chi connectivity index (χ1n) is 10.7. The van der Waals surface area contributed by atoms with Crippen molar-refractivity contribution in [2.45, 2.75) is 20.3 Å². The summed E-state index contributed by atoms with van der Waals surface area (Å²) in [6.45, 7) is 8.61. The molecule has 3 heterocycles. The van der Waals surface area contributed by atoms with Gasteiger partial charge in [0.05, 0.1) is 18.0 Å². The molecule has 1 unspecified atom stereocenters. The number of ether oxygens (including phenoxy) is 1. The number of hydrogen-bond acceptors (Lipinski definition) is 5. The fourth-order valence-corrected chi connectivity index (χ4v) is 4.48. The van der Waals surface area contributed by atoms with Crippen molar-refractivity contribution in [2.75, 3.05) is 57.9 Å². The van der Waals surface area contributed by atoms with Crippen LogP contribution in [-0.4, -0.2) is 79.6 Å². The summed E-state index contributed by atoms with van der Waals surface area (Å²) in [7, 11) is 1.62. The van der Waals surface area contributed by atoms with E-state index in [-0.39, 0.29) is 17.7 Å².